The third-order valence-corrected chi connectivity index (χ3v) is 5.63. The summed E-state index contributed by atoms with van der Waals surface area (Å²) < 4.78 is 12.9. The number of carbonyl (C=O) groups excluding carboxylic acids is 1. The van der Waals surface area contributed by atoms with Crippen LogP contribution >= 0.6 is 0 Å². The Morgan fingerprint density at radius 1 is 0.952 bits per heavy atom. The number of hydrogen-bond donors (Lipinski definition) is 2. The first-order chi connectivity index (χ1) is 10.2. The van der Waals surface area contributed by atoms with Gasteiger partial charge < -0.3 is 10.6 Å². The number of hydrogen-bond acceptors (Lipinski definition) is 1. The molecule has 0 atom stereocenters. The second-order valence-electron chi connectivity index (χ2n) is 7.06. The fourth-order valence-electron chi connectivity index (χ4n) is 5.01. The fraction of sp³-hybridized carbons (Fsp3) is 0.588. The van der Waals surface area contributed by atoms with Gasteiger partial charge in [0.2, 0.25) is 0 Å². The number of rotatable bonds is 2. The van der Waals surface area contributed by atoms with Gasteiger partial charge in [-0.3, -0.25) is 0 Å². The van der Waals surface area contributed by atoms with Gasteiger partial charge in [-0.05, 0) is 80.0 Å². The van der Waals surface area contributed by atoms with Crippen LogP contribution in [0.5, 0.6) is 0 Å². The zero-order valence-corrected chi connectivity index (χ0v) is 12.0. The van der Waals surface area contributed by atoms with Crippen LogP contribution in [0.1, 0.15) is 32.1 Å². The maximum absolute atomic E-state index is 12.9. The molecule has 1 aromatic rings. The summed E-state index contributed by atoms with van der Waals surface area (Å²) in [5, 5.41) is 5.99. The molecule has 4 saturated carbocycles. The Labute approximate surface area is 124 Å². The summed E-state index contributed by atoms with van der Waals surface area (Å²) >= 11 is 0. The molecule has 21 heavy (non-hydrogen) atoms. The van der Waals surface area contributed by atoms with Crippen molar-refractivity contribution in [3.05, 3.63) is 30.1 Å². The molecule has 4 aliphatic rings. The summed E-state index contributed by atoms with van der Waals surface area (Å²) in [5.74, 6) is 2.86. The van der Waals surface area contributed by atoms with E-state index >= 15 is 0 Å². The van der Waals surface area contributed by atoms with E-state index in [-0.39, 0.29) is 11.8 Å². The molecule has 1 aromatic carbocycles. The Balaban J connectivity index is 1.39. The zero-order valence-electron chi connectivity index (χ0n) is 12.0. The Hall–Kier alpha value is -1.58. The smallest absolute Gasteiger partial charge is 0.319 e. The van der Waals surface area contributed by atoms with Gasteiger partial charge in [-0.1, -0.05) is 0 Å². The first kappa shape index (κ1) is 13.1. The molecule has 0 spiro atoms. The number of nitrogens with one attached hydrogen (secondary N) is 2. The molecule has 2 amide bonds. The second-order valence-corrected chi connectivity index (χ2v) is 7.06. The van der Waals surface area contributed by atoms with Crippen molar-refractivity contribution in [1.29, 1.82) is 0 Å². The van der Waals surface area contributed by atoms with E-state index in [2.05, 4.69) is 10.6 Å². The van der Waals surface area contributed by atoms with Crippen molar-refractivity contribution in [1.82, 2.24) is 5.32 Å². The number of carbonyl (C=O) groups is 1. The van der Waals surface area contributed by atoms with Crippen LogP contribution in [0.3, 0.4) is 0 Å². The van der Waals surface area contributed by atoms with Crippen molar-refractivity contribution in [2.75, 3.05) is 5.32 Å². The van der Waals surface area contributed by atoms with E-state index in [0.29, 0.717) is 23.6 Å². The molecule has 0 radical (unpaired) electrons. The molecule has 112 valence electrons. The number of benzene rings is 1. The van der Waals surface area contributed by atoms with Crippen LogP contribution in [-0.4, -0.2) is 12.1 Å². The molecule has 4 fully saturated rings. The highest BCUT2D eigenvalue weighted by Crippen LogP contribution is 2.53. The van der Waals surface area contributed by atoms with Crippen molar-refractivity contribution in [2.24, 2.45) is 23.7 Å². The SMILES string of the molecule is O=C(Nc1ccc(F)cc1)NC1C2CC3CC(C2)CC1C3. The first-order valence-corrected chi connectivity index (χ1v) is 8.00. The summed E-state index contributed by atoms with van der Waals surface area (Å²) in [6.45, 7) is 0. The molecular formula is C17H21FN2O. The average molecular weight is 288 g/mol. The quantitative estimate of drug-likeness (QED) is 0.854. The van der Waals surface area contributed by atoms with Gasteiger partial charge in [0.15, 0.2) is 0 Å². The fourth-order valence-corrected chi connectivity index (χ4v) is 5.01. The Kier molecular flexibility index (Phi) is 3.12. The minimum absolute atomic E-state index is 0.154. The normalized spacial score (nSPS) is 36.5. The molecule has 0 saturated heterocycles. The Morgan fingerprint density at radius 2 is 1.52 bits per heavy atom. The minimum atomic E-state index is -0.290. The third-order valence-electron chi connectivity index (χ3n) is 5.63. The van der Waals surface area contributed by atoms with Gasteiger partial charge in [0.25, 0.3) is 0 Å². The molecule has 0 unspecified atom stereocenters. The highest BCUT2D eigenvalue weighted by Gasteiger charge is 2.48. The van der Waals surface area contributed by atoms with Gasteiger partial charge >= 0.3 is 6.03 Å². The van der Waals surface area contributed by atoms with E-state index < -0.39 is 0 Å². The molecule has 0 aliphatic heterocycles. The van der Waals surface area contributed by atoms with Gasteiger partial charge in [-0.25, -0.2) is 9.18 Å². The van der Waals surface area contributed by atoms with E-state index in [0.717, 1.165) is 11.8 Å². The average Bonchev–Trinajstić information content (AvgIpc) is 2.45. The van der Waals surface area contributed by atoms with E-state index in [1.54, 1.807) is 12.1 Å². The molecule has 4 aliphatic carbocycles. The van der Waals surface area contributed by atoms with Crippen LogP contribution in [0.15, 0.2) is 24.3 Å². The van der Waals surface area contributed by atoms with Gasteiger partial charge in [0.1, 0.15) is 5.82 Å². The topological polar surface area (TPSA) is 41.1 Å². The van der Waals surface area contributed by atoms with Crippen molar-refractivity contribution >= 4 is 11.7 Å². The van der Waals surface area contributed by atoms with E-state index in [1.165, 1.54) is 44.2 Å². The maximum atomic E-state index is 12.9. The number of halogens is 1. The van der Waals surface area contributed by atoms with Crippen LogP contribution in [0, 0.1) is 29.5 Å². The molecule has 4 heteroatoms. The molecule has 5 rings (SSSR count). The molecule has 2 N–H and O–H groups in total. The van der Waals surface area contributed by atoms with Gasteiger partial charge in [0.05, 0.1) is 0 Å². The minimum Gasteiger partial charge on any atom is -0.335 e. The van der Waals surface area contributed by atoms with E-state index in [9.17, 15) is 9.18 Å². The Bertz CT molecular complexity index is 514. The van der Waals surface area contributed by atoms with Gasteiger partial charge in [-0.15, -0.1) is 0 Å². The summed E-state index contributed by atoms with van der Waals surface area (Å²) in [6.07, 6.45) is 6.56. The summed E-state index contributed by atoms with van der Waals surface area (Å²) in [7, 11) is 0. The number of amides is 2. The van der Waals surface area contributed by atoms with Crippen molar-refractivity contribution in [3.63, 3.8) is 0 Å². The molecule has 0 aromatic heterocycles. The highest BCUT2D eigenvalue weighted by atomic mass is 19.1. The third kappa shape index (κ3) is 2.52. The second kappa shape index (κ2) is 5.00. The van der Waals surface area contributed by atoms with Crippen LogP contribution < -0.4 is 10.6 Å². The molecular weight excluding hydrogens is 267 g/mol. The van der Waals surface area contributed by atoms with Gasteiger partial charge in [-0.2, -0.15) is 0 Å². The highest BCUT2D eigenvalue weighted by molar-refractivity contribution is 5.89. The van der Waals surface area contributed by atoms with E-state index in [4.69, 9.17) is 0 Å². The predicted molar refractivity (Wildman–Crippen MR) is 79.4 cm³/mol. The van der Waals surface area contributed by atoms with Crippen molar-refractivity contribution in [3.8, 4) is 0 Å². The van der Waals surface area contributed by atoms with E-state index in [1.807, 2.05) is 0 Å². The van der Waals surface area contributed by atoms with Gasteiger partial charge in [0, 0.05) is 11.7 Å². The van der Waals surface area contributed by atoms with Crippen LogP contribution in [0.2, 0.25) is 0 Å². The number of urea groups is 1. The lowest BCUT2D eigenvalue weighted by molar-refractivity contribution is -0.00883. The maximum Gasteiger partial charge on any atom is 0.319 e. The summed E-state index contributed by atoms with van der Waals surface area (Å²) in [5.41, 5.74) is 0.637. The van der Waals surface area contributed by atoms with Crippen LogP contribution in [0.25, 0.3) is 0 Å². The lowest BCUT2D eigenvalue weighted by atomic mass is 9.54. The predicted octanol–water partition coefficient (Wildman–Crippen LogP) is 3.77. The molecule has 0 heterocycles. The zero-order chi connectivity index (χ0) is 14.4. The monoisotopic (exact) mass is 288 g/mol. The summed E-state index contributed by atoms with van der Waals surface area (Å²) in [6, 6.07) is 6.08. The standard InChI is InChI=1S/C17H21FN2O/c18-14-1-3-15(4-2-14)19-17(21)20-16-12-6-10-5-11(8-12)9-13(16)7-10/h1-4,10-13,16H,5-9H2,(H2,19,20,21). The lowest BCUT2D eigenvalue weighted by Gasteiger charge is -2.54. The van der Waals surface area contributed by atoms with Crippen LogP contribution in [-0.2, 0) is 0 Å². The lowest BCUT2D eigenvalue weighted by Crippen LogP contribution is -2.56. The number of anilines is 1. The first-order valence-electron chi connectivity index (χ1n) is 8.00. The molecule has 4 bridgehead atoms. The van der Waals surface area contributed by atoms with Crippen LogP contribution in [0.4, 0.5) is 14.9 Å². The largest absolute Gasteiger partial charge is 0.335 e. The Morgan fingerprint density at radius 3 is 2.10 bits per heavy atom. The summed E-state index contributed by atoms with van der Waals surface area (Å²) in [4.78, 5) is 12.2. The van der Waals surface area contributed by atoms with Crippen molar-refractivity contribution in [2.45, 2.75) is 38.1 Å². The van der Waals surface area contributed by atoms with Crippen molar-refractivity contribution < 1.29 is 9.18 Å². The molecule has 3 nitrogen and oxygen atoms in total.